The van der Waals surface area contributed by atoms with Gasteiger partial charge in [0.15, 0.2) is 0 Å². The molecule has 1 atom stereocenters. The van der Waals surface area contributed by atoms with E-state index in [1.165, 1.54) is 4.90 Å². The molecule has 0 fully saturated rings. The largest absolute Gasteiger partial charge is 0.464 e. The summed E-state index contributed by atoms with van der Waals surface area (Å²) in [7, 11) is 1.59. The number of ether oxygens (including phenoxy) is 2. The molecule has 5 heteroatoms. The van der Waals surface area contributed by atoms with Crippen molar-refractivity contribution >= 4 is 12.1 Å². The van der Waals surface area contributed by atoms with Crippen molar-refractivity contribution in [2.45, 2.75) is 59.4 Å². The first kappa shape index (κ1) is 18.7. The standard InChI is InChI=1S/C15H29NO4/c1-6-8-10-19-14(17)13(11-12(3)4)16(5)15(18)20-9-7-2/h12-13H,6-11H2,1-5H3. The summed E-state index contributed by atoms with van der Waals surface area (Å²) >= 11 is 0. The van der Waals surface area contributed by atoms with Gasteiger partial charge in [0.05, 0.1) is 13.2 Å². The van der Waals surface area contributed by atoms with E-state index in [2.05, 4.69) is 0 Å². The molecule has 0 bridgehead atoms. The quantitative estimate of drug-likeness (QED) is 0.482. The third kappa shape index (κ3) is 7.36. The molecule has 0 N–H and O–H groups in total. The molecule has 0 heterocycles. The molecular weight excluding hydrogens is 258 g/mol. The fourth-order valence-electron chi connectivity index (χ4n) is 1.69. The van der Waals surface area contributed by atoms with Crippen LogP contribution in [-0.2, 0) is 14.3 Å². The van der Waals surface area contributed by atoms with E-state index in [-0.39, 0.29) is 5.97 Å². The van der Waals surface area contributed by atoms with E-state index in [1.54, 1.807) is 7.05 Å². The Kier molecular flexibility index (Phi) is 9.86. The van der Waals surface area contributed by atoms with Gasteiger partial charge in [0, 0.05) is 7.05 Å². The Balaban J connectivity index is 4.59. The molecule has 118 valence electrons. The maximum Gasteiger partial charge on any atom is 0.410 e. The Bertz CT molecular complexity index is 292. The lowest BCUT2D eigenvalue weighted by Crippen LogP contribution is -2.44. The topological polar surface area (TPSA) is 55.8 Å². The van der Waals surface area contributed by atoms with Crippen LogP contribution in [0.4, 0.5) is 4.79 Å². The number of amides is 1. The molecule has 20 heavy (non-hydrogen) atoms. The van der Waals surface area contributed by atoms with Crippen molar-refractivity contribution < 1.29 is 19.1 Å². The molecule has 0 aliphatic rings. The Morgan fingerprint density at radius 2 is 1.70 bits per heavy atom. The first-order valence-corrected chi connectivity index (χ1v) is 7.50. The average Bonchev–Trinajstić information content (AvgIpc) is 2.41. The van der Waals surface area contributed by atoms with Gasteiger partial charge in [0.2, 0.25) is 0 Å². The van der Waals surface area contributed by atoms with Crippen molar-refractivity contribution in [1.82, 2.24) is 4.90 Å². The number of hydrogen-bond acceptors (Lipinski definition) is 4. The Hall–Kier alpha value is -1.26. The number of carbonyl (C=O) groups excluding carboxylic acids is 2. The van der Waals surface area contributed by atoms with Gasteiger partial charge in [-0.15, -0.1) is 0 Å². The van der Waals surface area contributed by atoms with Crippen molar-refractivity contribution in [2.75, 3.05) is 20.3 Å². The smallest absolute Gasteiger partial charge is 0.410 e. The number of likely N-dealkylation sites (N-methyl/N-ethyl adjacent to an activating group) is 1. The zero-order chi connectivity index (χ0) is 15.5. The predicted octanol–water partition coefficient (Wildman–Crippen LogP) is 3.22. The van der Waals surface area contributed by atoms with Crippen LogP contribution in [0, 0.1) is 5.92 Å². The molecule has 0 aromatic heterocycles. The van der Waals surface area contributed by atoms with E-state index < -0.39 is 12.1 Å². The number of hydrogen-bond donors (Lipinski definition) is 0. The number of rotatable bonds is 9. The predicted molar refractivity (Wildman–Crippen MR) is 78.5 cm³/mol. The van der Waals surface area contributed by atoms with Crippen LogP contribution < -0.4 is 0 Å². The van der Waals surface area contributed by atoms with Gasteiger partial charge in [-0.1, -0.05) is 34.1 Å². The second kappa shape index (κ2) is 10.5. The van der Waals surface area contributed by atoms with E-state index in [4.69, 9.17) is 9.47 Å². The van der Waals surface area contributed by atoms with Crippen molar-refractivity contribution in [1.29, 1.82) is 0 Å². The minimum absolute atomic E-state index is 0.292. The van der Waals surface area contributed by atoms with Crippen LogP contribution in [0.1, 0.15) is 53.4 Å². The molecule has 0 radical (unpaired) electrons. The second-order valence-electron chi connectivity index (χ2n) is 5.39. The number of nitrogens with zero attached hydrogens (tertiary/aromatic N) is 1. The highest BCUT2D eigenvalue weighted by atomic mass is 16.6. The normalized spacial score (nSPS) is 12.1. The number of unbranched alkanes of at least 4 members (excludes halogenated alkanes) is 1. The van der Waals surface area contributed by atoms with Gasteiger partial charge in [-0.3, -0.25) is 4.90 Å². The molecule has 0 aromatic carbocycles. The van der Waals surface area contributed by atoms with Gasteiger partial charge in [-0.2, -0.15) is 0 Å². The van der Waals surface area contributed by atoms with E-state index in [0.717, 1.165) is 19.3 Å². The molecule has 0 aromatic rings. The maximum absolute atomic E-state index is 12.1. The van der Waals surface area contributed by atoms with Crippen LogP contribution in [0.2, 0.25) is 0 Å². The fraction of sp³-hybridized carbons (Fsp3) is 0.867. The molecule has 0 aliphatic heterocycles. The lowest BCUT2D eigenvalue weighted by Gasteiger charge is -2.27. The van der Waals surface area contributed by atoms with Crippen LogP contribution >= 0.6 is 0 Å². The van der Waals surface area contributed by atoms with Crippen LogP contribution in [0.3, 0.4) is 0 Å². The molecular formula is C15H29NO4. The summed E-state index contributed by atoms with van der Waals surface area (Å²) in [5, 5.41) is 0. The summed E-state index contributed by atoms with van der Waals surface area (Å²) in [6, 6.07) is -0.573. The van der Waals surface area contributed by atoms with Crippen molar-refractivity contribution in [2.24, 2.45) is 5.92 Å². The van der Waals surface area contributed by atoms with E-state index in [1.807, 2.05) is 27.7 Å². The molecule has 5 nitrogen and oxygen atoms in total. The highest BCUT2D eigenvalue weighted by molar-refractivity contribution is 5.81. The van der Waals surface area contributed by atoms with E-state index in [9.17, 15) is 9.59 Å². The minimum Gasteiger partial charge on any atom is -0.464 e. The first-order chi connectivity index (χ1) is 9.43. The number of esters is 1. The van der Waals surface area contributed by atoms with Crippen LogP contribution in [0.25, 0.3) is 0 Å². The fourth-order valence-corrected chi connectivity index (χ4v) is 1.69. The van der Waals surface area contributed by atoms with Crippen molar-refractivity contribution in [3.8, 4) is 0 Å². The lowest BCUT2D eigenvalue weighted by molar-refractivity contribution is -0.149. The maximum atomic E-state index is 12.1. The van der Waals surface area contributed by atoms with Gasteiger partial charge < -0.3 is 9.47 Å². The third-order valence-electron chi connectivity index (χ3n) is 2.89. The average molecular weight is 287 g/mol. The summed E-state index contributed by atoms with van der Waals surface area (Å²) < 4.78 is 10.3. The Labute approximate surface area is 122 Å². The van der Waals surface area contributed by atoms with Crippen molar-refractivity contribution in [3.05, 3.63) is 0 Å². The summed E-state index contributed by atoms with van der Waals surface area (Å²) in [5.74, 6) is -0.0525. The van der Waals surface area contributed by atoms with Crippen LogP contribution in [-0.4, -0.2) is 43.3 Å². The monoisotopic (exact) mass is 287 g/mol. The van der Waals surface area contributed by atoms with Crippen molar-refractivity contribution in [3.63, 3.8) is 0 Å². The van der Waals surface area contributed by atoms with E-state index in [0.29, 0.717) is 25.6 Å². The Morgan fingerprint density at radius 1 is 1.05 bits per heavy atom. The van der Waals surface area contributed by atoms with Crippen LogP contribution in [0.5, 0.6) is 0 Å². The summed E-state index contributed by atoms with van der Waals surface area (Å²) in [4.78, 5) is 25.3. The molecule has 0 saturated carbocycles. The van der Waals surface area contributed by atoms with Gasteiger partial charge in [-0.25, -0.2) is 9.59 Å². The highest BCUT2D eigenvalue weighted by Gasteiger charge is 2.29. The molecule has 0 aliphatic carbocycles. The van der Waals surface area contributed by atoms with Gasteiger partial charge >= 0.3 is 12.1 Å². The lowest BCUT2D eigenvalue weighted by atomic mass is 10.0. The zero-order valence-corrected chi connectivity index (χ0v) is 13.5. The first-order valence-electron chi connectivity index (χ1n) is 7.50. The van der Waals surface area contributed by atoms with Gasteiger partial charge in [0.1, 0.15) is 6.04 Å². The molecule has 0 rings (SSSR count). The molecule has 0 saturated heterocycles. The summed E-state index contributed by atoms with van der Waals surface area (Å²) in [5.41, 5.74) is 0. The molecule has 0 spiro atoms. The highest BCUT2D eigenvalue weighted by Crippen LogP contribution is 2.13. The number of carbonyl (C=O) groups is 2. The van der Waals surface area contributed by atoms with Crippen LogP contribution in [0.15, 0.2) is 0 Å². The summed E-state index contributed by atoms with van der Waals surface area (Å²) in [6.07, 6.45) is 2.67. The molecule has 1 amide bonds. The van der Waals surface area contributed by atoms with Gasteiger partial charge in [-0.05, 0) is 25.2 Å². The second-order valence-corrected chi connectivity index (χ2v) is 5.39. The SMILES string of the molecule is CCCCOC(=O)C(CC(C)C)N(C)C(=O)OCCC. The molecule has 1 unspecified atom stereocenters. The zero-order valence-electron chi connectivity index (χ0n) is 13.5. The van der Waals surface area contributed by atoms with Gasteiger partial charge in [0.25, 0.3) is 0 Å². The van der Waals surface area contributed by atoms with E-state index >= 15 is 0 Å². The Morgan fingerprint density at radius 3 is 2.20 bits per heavy atom. The summed E-state index contributed by atoms with van der Waals surface area (Å²) in [6.45, 7) is 8.75. The third-order valence-corrected chi connectivity index (χ3v) is 2.89. The minimum atomic E-state index is -0.573.